The van der Waals surface area contributed by atoms with E-state index in [9.17, 15) is 4.79 Å². The molecule has 0 atom stereocenters. The Labute approximate surface area is 135 Å². The molecular weight excluding hydrogens is 330 g/mol. The summed E-state index contributed by atoms with van der Waals surface area (Å²) in [6.07, 6.45) is 0. The molecule has 110 valence electrons. The highest BCUT2D eigenvalue weighted by molar-refractivity contribution is 8.00. The summed E-state index contributed by atoms with van der Waals surface area (Å²) in [6.45, 7) is 2.17. The SMILES string of the molecule is CCOC(=O)CSc1nnc2n1-c1cc(Cl)ccc1SC2. The molecule has 1 aromatic carbocycles. The van der Waals surface area contributed by atoms with E-state index in [-0.39, 0.29) is 11.7 Å². The summed E-state index contributed by atoms with van der Waals surface area (Å²) < 4.78 is 6.89. The van der Waals surface area contributed by atoms with Crippen LogP contribution in [0.5, 0.6) is 0 Å². The molecular formula is C13H12ClN3O2S2. The van der Waals surface area contributed by atoms with Crippen LogP contribution >= 0.6 is 35.1 Å². The number of hydrogen-bond donors (Lipinski definition) is 0. The molecule has 0 amide bonds. The van der Waals surface area contributed by atoms with Gasteiger partial charge in [-0.15, -0.1) is 22.0 Å². The van der Waals surface area contributed by atoms with E-state index in [0.29, 0.717) is 16.8 Å². The molecule has 1 aliphatic heterocycles. The van der Waals surface area contributed by atoms with Gasteiger partial charge in [0.2, 0.25) is 0 Å². The number of hydrogen-bond acceptors (Lipinski definition) is 6. The fourth-order valence-corrected chi connectivity index (χ4v) is 3.85. The minimum Gasteiger partial charge on any atom is -0.465 e. The minimum atomic E-state index is -0.253. The van der Waals surface area contributed by atoms with Gasteiger partial charge in [-0.3, -0.25) is 9.36 Å². The van der Waals surface area contributed by atoms with Crippen molar-refractivity contribution in [2.45, 2.75) is 22.7 Å². The van der Waals surface area contributed by atoms with Crippen molar-refractivity contribution in [2.24, 2.45) is 0 Å². The van der Waals surface area contributed by atoms with Gasteiger partial charge in [-0.2, -0.15) is 0 Å². The number of ether oxygens (including phenoxy) is 1. The normalized spacial score (nSPS) is 12.7. The number of fused-ring (bicyclic) bond motifs is 3. The number of halogens is 1. The van der Waals surface area contributed by atoms with E-state index in [4.69, 9.17) is 16.3 Å². The lowest BCUT2D eigenvalue weighted by atomic mass is 10.3. The highest BCUT2D eigenvalue weighted by Gasteiger charge is 2.22. The average Bonchev–Trinajstić information content (AvgIpc) is 2.89. The van der Waals surface area contributed by atoms with Crippen LogP contribution in [0.3, 0.4) is 0 Å². The monoisotopic (exact) mass is 341 g/mol. The van der Waals surface area contributed by atoms with Crippen LogP contribution in [0.1, 0.15) is 12.7 Å². The summed E-state index contributed by atoms with van der Waals surface area (Å²) in [5.41, 5.74) is 0.963. The molecule has 0 N–H and O–H groups in total. The average molecular weight is 342 g/mol. The lowest BCUT2D eigenvalue weighted by Crippen LogP contribution is -2.10. The van der Waals surface area contributed by atoms with Crippen molar-refractivity contribution in [1.29, 1.82) is 0 Å². The number of thioether (sulfide) groups is 2. The highest BCUT2D eigenvalue weighted by atomic mass is 35.5. The second-order valence-electron chi connectivity index (χ2n) is 4.23. The zero-order chi connectivity index (χ0) is 14.8. The summed E-state index contributed by atoms with van der Waals surface area (Å²) in [7, 11) is 0. The van der Waals surface area contributed by atoms with Gasteiger partial charge in [-0.25, -0.2) is 0 Å². The van der Waals surface area contributed by atoms with Crippen molar-refractivity contribution in [3.8, 4) is 5.69 Å². The van der Waals surface area contributed by atoms with Gasteiger partial charge in [-0.1, -0.05) is 23.4 Å². The van der Waals surface area contributed by atoms with E-state index >= 15 is 0 Å². The molecule has 5 nitrogen and oxygen atoms in total. The Morgan fingerprint density at radius 1 is 1.52 bits per heavy atom. The molecule has 0 aliphatic carbocycles. The van der Waals surface area contributed by atoms with Crippen LogP contribution in [-0.2, 0) is 15.3 Å². The van der Waals surface area contributed by atoms with E-state index in [0.717, 1.165) is 22.2 Å². The molecule has 2 heterocycles. The molecule has 2 aromatic rings. The van der Waals surface area contributed by atoms with Gasteiger partial charge < -0.3 is 4.74 Å². The molecule has 0 bridgehead atoms. The third-order valence-electron chi connectivity index (χ3n) is 2.84. The third kappa shape index (κ3) is 3.04. The summed E-state index contributed by atoms with van der Waals surface area (Å²) in [4.78, 5) is 12.6. The first-order valence-corrected chi connectivity index (χ1v) is 8.69. The fraction of sp³-hybridized carbons (Fsp3) is 0.308. The Bertz CT molecular complexity index is 690. The molecule has 21 heavy (non-hydrogen) atoms. The zero-order valence-electron chi connectivity index (χ0n) is 11.2. The van der Waals surface area contributed by atoms with E-state index in [1.54, 1.807) is 18.7 Å². The van der Waals surface area contributed by atoms with Crippen molar-refractivity contribution in [3.05, 3.63) is 29.0 Å². The fourth-order valence-electron chi connectivity index (χ4n) is 1.99. The lowest BCUT2D eigenvalue weighted by Gasteiger charge is -2.18. The minimum absolute atomic E-state index is 0.217. The molecule has 3 rings (SSSR count). The summed E-state index contributed by atoms with van der Waals surface area (Å²) in [5, 5.41) is 9.70. The summed E-state index contributed by atoms with van der Waals surface area (Å²) >= 11 is 9.11. The maximum absolute atomic E-state index is 11.5. The molecule has 0 fully saturated rings. The standard InChI is InChI=1S/C13H12ClN3O2S2/c1-2-19-12(18)7-21-13-16-15-11-6-20-10-4-3-8(14)5-9(10)17(11)13/h3-5H,2,6-7H2,1H3. The molecule has 0 saturated carbocycles. The van der Waals surface area contributed by atoms with Crippen molar-refractivity contribution in [3.63, 3.8) is 0 Å². The van der Waals surface area contributed by atoms with E-state index < -0.39 is 0 Å². The largest absolute Gasteiger partial charge is 0.465 e. The highest BCUT2D eigenvalue weighted by Crippen LogP contribution is 2.38. The van der Waals surface area contributed by atoms with Crippen molar-refractivity contribution >= 4 is 41.1 Å². The van der Waals surface area contributed by atoms with Crippen LogP contribution in [0.15, 0.2) is 28.3 Å². The van der Waals surface area contributed by atoms with Crippen LogP contribution in [0, 0.1) is 0 Å². The topological polar surface area (TPSA) is 57.0 Å². The first-order chi connectivity index (χ1) is 10.2. The quantitative estimate of drug-likeness (QED) is 0.629. The number of aromatic nitrogens is 3. The van der Waals surface area contributed by atoms with Gasteiger partial charge in [0.1, 0.15) is 5.82 Å². The van der Waals surface area contributed by atoms with E-state index in [2.05, 4.69) is 10.2 Å². The number of carbonyl (C=O) groups is 1. The van der Waals surface area contributed by atoms with Crippen LogP contribution < -0.4 is 0 Å². The number of carbonyl (C=O) groups excluding carboxylic acids is 1. The molecule has 0 saturated heterocycles. The first-order valence-electron chi connectivity index (χ1n) is 6.34. The van der Waals surface area contributed by atoms with Crippen molar-refractivity contribution in [2.75, 3.05) is 12.4 Å². The molecule has 8 heteroatoms. The van der Waals surface area contributed by atoms with Gasteiger partial charge in [0.25, 0.3) is 0 Å². The number of nitrogens with zero attached hydrogens (tertiary/aromatic N) is 3. The van der Waals surface area contributed by atoms with Crippen molar-refractivity contribution in [1.82, 2.24) is 14.8 Å². The molecule has 0 spiro atoms. The first kappa shape index (κ1) is 14.7. The summed E-state index contributed by atoms with van der Waals surface area (Å²) in [6, 6.07) is 5.75. The molecule has 1 aliphatic rings. The van der Waals surface area contributed by atoms with Gasteiger partial charge in [0.15, 0.2) is 5.16 Å². The Morgan fingerprint density at radius 3 is 3.19 bits per heavy atom. The van der Waals surface area contributed by atoms with E-state index in [1.165, 1.54) is 11.8 Å². The Hall–Kier alpha value is -1.18. The van der Waals surface area contributed by atoms with Crippen LogP contribution in [0.2, 0.25) is 5.02 Å². The zero-order valence-corrected chi connectivity index (χ0v) is 13.6. The maximum atomic E-state index is 11.5. The number of benzene rings is 1. The smallest absolute Gasteiger partial charge is 0.316 e. The molecule has 0 radical (unpaired) electrons. The van der Waals surface area contributed by atoms with Crippen LogP contribution in [-0.4, -0.2) is 33.1 Å². The van der Waals surface area contributed by atoms with Gasteiger partial charge in [0, 0.05) is 9.92 Å². The Kier molecular flexibility index (Phi) is 4.42. The third-order valence-corrected chi connectivity index (χ3v) is 5.04. The molecule has 1 aromatic heterocycles. The van der Waals surface area contributed by atoms with Gasteiger partial charge >= 0.3 is 5.97 Å². The Balaban J connectivity index is 1.89. The second kappa shape index (κ2) is 6.29. The Morgan fingerprint density at radius 2 is 2.38 bits per heavy atom. The van der Waals surface area contributed by atoms with Crippen molar-refractivity contribution < 1.29 is 9.53 Å². The van der Waals surface area contributed by atoms with Crippen LogP contribution in [0.25, 0.3) is 5.69 Å². The lowest BCUT2D eigenvalue weighted by molar-refractivity contribution is -0.139. The predicted molar refractivity (Wildman–Crippen MR) is 83.3 cm³/mol. The second-order valence-corrected chi connectivity index (χ2v) is 6.62. The number of rotatable bonds is 4. The maximum Gasteiger partial charge on any atom is 0.316 e. The number of esters is 1. The molecule has 0 unspecified atom stereocenters. The van der Waals surface area contributed by atoms with Gasteiger partial charge in [-0.05, 0) is 25.1 Å². The summed E-state index contributed by atoms with van der Waals surface area (Å²) in [5.74, 6) is 1.58. The van der Waals surface area contributed by atoms with E-state index in [1.807, 2.05) is 22.8 Å². The van der Waals surface area contributed by atoms with Gasteiger partial charge in [0.05, 0.1) is 23.8 Å². The predicted octanol–water partition coefficient (Wildman–Crippen LogP) is 3.18. The van der Waals surface area contributed by atoms with Crippen LogP contribution in [0.4, 0.5) is 0 Å².